The summed E-state index contributed by atoms with van der Waals surface area (Å²) >= 11 is 6.38. The molecule has 2 fully saturated rings. The number of hydrogen-bond acceptors (Lipinski definition) is 1. The van der Waals surface area contributed by atoms with Crippen molar-refractivity contribution in [2.45, 2.75) is 50.0 Å². The van der Waals surface area contributed by atoms with Gasteiger partial charge >= 0.3 is 0 Å². The molecule has 0 heterocycles. The highest BCUT2D eigenvalue weighted by molar-refractivity contribution is 6.21. The van der Waals surface area contributed by atoms with E-state index in [0.29, 0.717) is 0 Å². The fraction of sp³-hybridized carbons (Fsp3) is 0.600. The third-order valence-electron chi connectivity index (χ3n) is 4.63. The van der Waals surface area contributed by atoms with Crippen molar-refractivity contribution in [1.82, 2.24) is 0 Å². The quantitative estimate of drug-likeness (QED) is 0.718. The molecule has 1 aromatic carbocycles. The molecule has 0 radical (unpaired) electrons. The van der Waals surface area contributed by atoms with Crippen LogP contribution in [0.1, 0.15) is 38.5 Å². The summed E-state index contributed by atoms with van der Waals surface area (Å²) in [5, 5.41) is 0.126. The van der Waals surface area contributed by atoms with Crippen LogP contribution >= 0.6 is 11.6 Å². The number of hydrogen-bond donors (Lipinski definition) is 0. The maximum absolute atomic E-state index is 13.6. The summed E-state index contributed by atoms with van der Waals surface area (Å²) in [5.41, 5.74) is 0.000627. The van der Waals surface area contributed by atoms with Crippen LogP contribution in [-0.4, -0.2) is 11.5 Å². The van der Waals surface area contributed by atoms with E-state index in [1.54, 1.807) is 0 Å². The van der Waals surface area contributed by atoms with Crippen LogP contribution in [0.5, 0.6) is 5.75 Å². The second kappa shape index (κ2) is 4.93. The molecule has 0 saturated heterocycles. The molecule has 2 unspecified atom stereocenters. The number of benzene rings is 1. The van der Waals surface area contributed by atoms with Crippen LogP contribution in [0.3, 0.4) is 0 Å². The number of alkyl halides is 1. The van der Waals surface area contributed by atoms with E-state index >= 15 is 0 Å². The van der Waals surface area contributed by atoms with E-state index in [2.05, 4.69) is 0 Å². The van der Waals surface area contributed by atoms with Crippen molar-refractivity contribution in [2.24, 2.45) is 5.41 Å². The molecule has 0 aromatic heterocycles. The molecule has 1 nitrogen and oxygen atoms in total. The van der Waals surface area contributed by atoms with E-state index in [9.17, 15) is 8.78 Å². The van der Waals surface area contributed by atoms with Crippen LogP contribution in [-0.2, 0) is 0 Å². The van der Waals surface area contributed by atoms with Crippen LogP contribution in [0.15, 0.2) is 18.2 Å². The fourth-order valence-electron chi connectivity index (χ4n) is 3.43. The van der Waals surface area contributed by atoms with Gasteiger partial charge in [-0.1, -0.05) is 19.3 Å². The molecule has 1 spiro atoms. The lowest BCUT2D eigenvalue weighted by Gasteiger charge is -2.55. The first-order chi connectivity index (χ1) is 9.12. The monoisotopic (exact) mass is 286 g/mol. The van der Waals surface area contributed by atoms with Gasteiger partial charge in [-0.25, -0.2) is 8.78 Å². The van der Waals surface area contributed by atoms with Crippen LogP contribution in [0.25, 0.3) is 0 Å². The Morgan fingerprint density at radius 3 is 2.53 bits per heavy atom. The highest BCUT2D eigenvalue weighted by atomic mass is 35.5. The zero-order valence-corrected chi connectivity index (χ0v) is 11.4. The molecule has 104 valence electrons. The molecular weight excluding hydrogens is 270 g/mol. The summed E-state index contributed by atoms with van der Waals surface area (Å²) < 4.78 is 32.3. The summed E-state index contributed by atoms with van der Waals surface area (Å²) in [6.07, 6.45) is 6.38. The predicted octanol–water partition coefficient (Wildman–Crippen LogP) is 4.67. The van der Waals surface area contributed by atoms with Gasteiger partial charge in [0.05, 0.1) is 0 Å². The number of ether oxygens (including phenoxy) is 1. The molecular formula is C15H17ClF2O. The summed E-state index contributed by atoms with van der Waals surface area (Å²) in [6.45, 7) is 0. The highest BCUT2D eigenvalue weighted by Crippen LogP contribution is 2.55. The minimum absolute atomic E-state index is 0.000627. The van der Waals surface area contributed by atoms with E-state index in [4.69, 9.17) is 16.3 Å². The van der Waals surface area contributed by atoms with Crippen LogP contribution in [0.2, 0.25) is 0 Å². The SMILES string of the molecule is Fc1ccc(OC2CC(Cl)C23CCCCC3)c(F)c1. The Labute approximate surface area is 116 Å². The molecule has 1 aromatic rings. The Morgan fingerprint density at radius 1 is 1.16 bits per heavy atom. The largest absolute Gasteiger partial charge is 0.487 e. The van der Waals surface area contributed by atoms with Gasteiger partial charge in [0.15, 0.2) is 11.6 Å². The second-order valence-corrected chi connectivity index (χ2v) is 6.21. The lowest BCUT2D eigenvalue weighted by molar-refractivity contribution is -0.0666. The molecule has 2 atom stereocenters. The average Bonchev–Trinajstić information content (AvgIpc) is 2.42. The molecule has 4 heteroatoms. The van der Waals surface area contributed by atoms with Crippen molar-refractivity contribution in [3.8, 4) is 5.75 Å². The molecule has 0 N–H and O–H groups in total. The molecule has 19 heavy (non-hydrogen) atoms. The van der Waals surface area contributed by atoms with Gasteiger partial charge in [-0.3, -0.25) is 0 Å². The molecule has 0 aliphatic heterocycles. The summed E-state index contributed by atoms with van der Waals surface area (Å²) in [6, 6.07) is 3.45. The normalized spacial score (nSPS) is 29.0. The number of rotatable bonds is 2. The van der Waals surface area contributed by atoms with E-state index < -0.39 is 11.6 Å². The maximum atomic E-state index is 13.6. The first-order valence-corrected chi connectivity index (χ1v) is 7.31. The summed E-state index contributed by atoms with van der Waals surface area (Å²) in [5.74, 6) is -1.08. The molecule has 0 bridgehead atoms. The van der Waals surface area contributed by atoms with E-state index in [-0.39, 0.29) is 22.6 Å². The average molecular weight is 287 g/mol. The zero-order chi connectivity index (χ0) is 13.5. The van der Waals surface area contributed by atoms with Gasteiger partial charge in [0.2, 0.25) is 0 Å². The lowest BCUT2D eigenvalue weighted by atomic mass is 9.58. The van der Waals surface area contributed by atoms with E-state index in [1.165, 1.54) is 18.6 Å². The lowest BCUT2D eigenvalue weighted by Crippen LogP contribution is -2.58. The van der Waals surface area contributed by atoms with Crippen molar-refractivity contribution in [3.05, 3.63) is 29.8 Å². The van der Waals surface area contributed by atoms with Gasteiger partial charge < -0.3 is 4.74 Å². The maximum Gasteiger partial charge on any atom is 0.167 e. The van der Waals surface area contributed by atoms with E-state index in [1.807, 2.05) is 0 Å². The minimum Gasteiger partial charge on any atom is -0.487 e. The first kappa shape index (κ1) is 13.2. The van der Waals surface area contributed by atoms with Gasteiger partial charge in [0.1, 0.15) is 11.9 Å². The van der Waals surface area contributed by atoms with E-state index in [0.717, 1.165) is 38.2 Å². The van der Waals surface area contributed by atoms with Gasteiger partial charge in [0.25, 0.3) is 0 Å². The molecule has 2 aliphatic rings. The molecule has 2 saturated carbocycles. The minimum atomic E-state index is -0.635. The topological polar surface area (TPSA) is 9.23 Å². The third-order valence-corrected chi connectivity index (χ3v) is 5.25. The summed E-state index contributed by atoms with van der Waals surface area (Å²) in [7, 11) is 0. The predicted molar refractivity (Wildman–Crippen MR) is 70.6 cm³/mol. The zero-order valence-electron chi connectivity index (χ0n) is 10.7. The standard InChI is InChI=1S/C15H17ClF2O/c16-13-9-14(15(13)6-2-1-3-7-15)19-12-5-4-10(17)8-11(12)18/h4-5,8,13-14H,1-3,6-7,9H2. The van der Waals surface area contributed by atoms with Gasteiger partial charge in [-0.2, -0.15) is 0 Å². The van der Waals surface area contributed by atoms with Gasteiger partial charge in [0, 0.05) is 23.3 Å². The molecule has 0 amide bonds. The Kier molecular flexibility index (Phi) is 3.42. The van der Waals surface area contributed by atoms with Crippen molar-refractivity contribution < 1.29 is 13.5 Å². The van der Waals surface area contributed by atoms with Crippen LogP contribution < -0.4 is 4.74 Å². The Hall–Kier alpha value is -0.830. The van der Waals surface area contributed by atoms with Crippen molar-refractivity contribution in [1.29, 1.82) is 0 Å². The molecule has 2 aliphatic carbocycles. The van der Waals surface area contributed by atoms with Crippen LogP contribution in [0, 0.1) is 17.0 Å². The van der Waals surface area contributed by atoms with Crippen LogP contribution in [0.4, 0.5) is 8.78 Å². The van der Waals surface area contributed by atoms with Crippen molar-refractivity contribution >= 4 is 11.6 Å². The molecule has 3 rings (SSSR count). The second-order valence-electron chi connectivity index (χ2n) is 5.68. The Balaban J connectivity index is 1.76. The Bertz CT molecular complexity index is 471. The van der Waals surface area contributed by atoms with Crippen molar-refractivity contribution in [3.63, 3.8) is 0 Å². The third kappa shape index (κ3) is 2.22. The van der Waals surface area contributed by atoms with Gasteiger partial charge in [-0.05, 0) is 25.0 Å². The first-order valence-electron chi connectivity index (χ1n) is 6.87. The van der Waals surface area contributed by atoms with Crippen molar-refractivity contribution in [2.75, 3.05) is 0 Å². The van der Waals surface area contributed by atoms with Gasteiger partial charge in [-0.15, -0.1) is 11.6 Å². The number of halogens is 3. The fourth-order valence-corrected chi connectivity index (χ4v) is 3.95. The highest BCUT2D eigenvalue weighted by Gasteiger charge is 2.56. The Morgan fingerprint density at radius 2 is 1.89 bits per heavy atom. The summed E-state index contributed by atoms with van der Waals surface area (Å²) in [4.78, 5) is 0. The smallest absolute Gasteiger partial charge is 0.167 e.